The van der Waals surface area contributed by atoms with Crippen molar-refractivity contribution in [2.75, 3.05) is 26.3 Å². The smallest absolute Gasteiger partial charge is 0.414 e. The van der Waals surface area contributed by atoms with Crippen molar-refractivity contribution in [1.29, 1.82) is 5.41 Å². The van der Waals surface area contributed by atoms with Gasteiger partial charge < -0.3 is 19.8 Å². The second-order valence-corrected chi connectivity index (χ2v) is 6.63. The SMILES string of the molecule is C=C(C=N)C(=C)/C=C1\CN(C(C)=O)C(C)CN1C(=O)OC1CCOCC1. The molecule has 1 atom stereocenters. The summed E-state index contributed by atoms with van der Waals surface area (Å²) in [6.07, 6.45) is 3.60. The molecule has 26 heavy (non-hydrogen) atoms. The van der Waals surface area contributed by atoms with E-state index in [4.69, 9.17) is 14.9 Å². The van der Waals surface area contributed by atoms with E-state index >= 15 is 0 Å². The van der Waals surface area contributed by atoms with Gasteiger partial charge in [0.15, 0.2) is 0 Å². The van der Waals surface area contributed by atoms with Gasteiger partial charge in [-0.1, -0.05) is 13.2 Å². The summed E-state index contributed by atoms with van der Waals surface area (Å²) >= 11 is 0. The van der Waals surface area contributed by atoms with Gasteiger partial charge in [-0.05, 0) is 24.1 Å². The first kappa shape index (κ1) is 19.9. The number of carbonyl (C=O) groups is 2. The van der Waals surface area contributed by atoms with Gasteiger partial charge in [-0.2, -0.15) is 0 Å². The second kappa shape index (κ2) is 8.80. The van der Waals surface area contributed by atoms with Gasteiger partial charge in [0.25, 0.3) is 0 Å². The highest BCUT2D eigenvalue weighted by Crippen LogP contribution is 2.23. The molecule has 0 aromatic heterocycles. The van der Waals surface area contributed by atoms with Gasteiger partial charge in [0, 0.05) is 44.3 Å². The molecular weight excluding hydrogens is 334 g/mol. The molecule has 7 heteroatoms. The van der Waals surface area contributed by atoms with Crippen LogP contribution in [0, 0.1) is 5.41 Å². The molecule has 0 aromatic carbocycles. The van der Waals surface area contributed by atoms with Crippen LogP contribution in [0.5, 0.6) is 0 Å². The monoisotopic (exact) mass is 361 g/mol. The van der Waals surface area contributed by atoms with Crippen LogP contribution in [0.3, 0.4) is 0 Å². The summed E-state index contributed by atoms with van der Waals surface area (Å²) in [5.74, 6) is -0.0580. The normalized spacial score (nSPS) is 22.8. The number of rotatable bonds is 4. The number of hydrogen-bond donors (Lipinski definition) is 1. The van der Waals surface area contributed by atoms with Gasteiger partial charge in [-0.15, -0.1) is 0 Å². The zero-order chi connectivity index (χ0) is 19.3. The van der Waals surface area contributed by atoms with Crippen LogP contribution in [0.15, 0.2) is 36.1 Å². The Bertz CT molecular complexity index is 635. The number of nitrogens with zero attached hydrogens (tertiary/aromatic N) is 2. The number of allylic oxidation sites excluding steroid dienone is 3. The predicted molar refractivity (Wildman–Crippen MR) is 99.0 cm³/mol. The number of amides is 2. The first-order chi connectivity index (χ1) is 12.3. The number of piperazine rings is 1. The standard InChI is InChI=1S/C19H27N3O4/c1-13(14(2)10-20)9-17-12-21(16(4)23)15(3)11-22(17)19(24)26-18-5-7-25-8-6-18/h9-10,15,18,20H,1-2,5-8,11-12H2,3-4H3/b17-9+,20-10?. The molecule has 0 saturated carbocycles. The molecule has 2 heterocycles. The molecule has 142 valence electrons. The molecule has 0 bridgehead atoms. The van der Waals surface area contributed by atoms with Crippen molar-refractivity contribution < 1.29 is 19.1 Å². The van der Waals surface area contributed by atoms with Gasteiger partial charge in [0.1, 0.15) is 6.10 Å². The first-order valence-electron chi connectivity index (χ1n) is 8.75. The van der Waals surface area contributed by atoms with Crippen molar-refractivity contribution in [2.24, 2.45) is 0 Å². The fraction of sp³-hybridized carbons (Fsp3) is 0.526. The van der Waals surface area contributed by atoms with E-state index in [1.165, 1.54) is 6.92 Å². The second-order valence-electron chi connectivity index (χ2n) is 6.63. The van der Waals surface area contributed by atoms with Gasteiger partial charge in [-0.25, -0.2) is 4.79 Å². The maximum Gasteiger partial charge on any atom is 0.414 e. The lowest BCUT2D eigenvalue weighted by atomic mass is 10.1. The van der Waals surface area contributed by atoms with Crippen LogP contribution < -0.4 is 0 Å². The van der Waals surface area contributed by atoms with E-state index in [2.05, 4.69) is 13.2 Å². The number of nitrogens with one attached hydrogen (secondary N) is 1. The van der Waals surface area contributed by atoms with Crippen LogP contribution in [0.25, 0.3) is 0 Å². The van der Waals surface area contributed by atoms with Gasteiger partial charge in [0.05, 0.1) is 19.8 Å². The summed E-state index contributed by atoms with van der Waals surface area (Å²) < 4.78 is 10.9. The Morgan fingerprint density at radius 1 is 1.27 bits per heavy atom. The van der Waals surface area contributed by atoms with Crippen LogP contribution in [0.2, 0.25) is 0 Å². The van der Waals surface area contributed by atoms with Crippen LogP contribution in [-0.4, -0.2) is 66.5 Å². The lowest BCUT2D eigenvalue weighted by Crippen LogP contribution is -2.54. The Morgan fingerprint density at radius 2 is 1.92 bits per heavy atom. The van der Waals surface area contributed by atoms with E-state index in [-0.39, 0.29) is 24.6 Å². The average Bonchev–Trinajstić information content (AvgIpc) is 2.62. The molecule has 2 fully saturated rings. The summed E-state index contributed by atoms with van der Waals surface area (Å²) in [7, 11) is 0. The molecule has 2 rings (SSSR count). The highest BCUT2D eigenvalue weighted by atomic mass is 16.6. The number of hydrogen-bond acceptors (Lipinski definition) is 5. The minimum absolute atomic E-state index is 0.0580. The zero-order valence-corrected chi connectivity index (χ0v) is 15.5. The highest BCUT2D eigenvalue weighted by molar-refractivity contribution is 5.83. The zero-order valence-electron chi connectivity index (χ0n) is 15.5. The average molecular weight is 361 g/mol. The molecule has 0 aromatic rings. The van der Waals surface area contributed by atoms with Crippen molar-refractivity contribution in [3.05, 3.63) is 36.1 Å². The van der Waals surface area contributed by atoms with Gasteiger partial charge >= 0.3 is 6.09 Å². The Balaban J connectivity index is 2.21. The van der Waals surface area contributed by atoms with E-state index in [1.54, 1.807) is 15.9 Å². The van der Waals surface area contributed by atoms with Crippen LogP contribution in [0.1, 0.15) is 26.7 Å². The molecule has 2 aliphatic rings. The molecule has 0 aliphatic carbocycles. The largest absolute Gasteiger partial charge is 0.446 e. The van der Waals surface area contributed by atoms with E-state index < -0.39 is 6.09 Å². The molecule has 7 nitrogen and oxygen atoms in total. The lowest BCUT2D eigenvalue weighted by Gasteiger charge is -2.41. The minimum atomic E-state index is -0.425. The maximum atomic E-state index is 12.7. The Kier molecular flexibility index (Phi) is 6.74. The highest BCUT2D eigenvalue weighted by Gasteiger charge is 2.34. The quantitative estimate of drug-likeness (QED) is 0.616. The third-order valence-electron chi connectivity index (χ3n) is 4.65. The van der Waals surface area contributed by atoms with Gasteiger partial charge in [-0.3, -0.25) is 9.69 Å². The van der Waals surface area contributed by atoms with Crippen LogP contribution in [0.4, 0.5) is 4.79 Å². The van der Waals surface area contributed by atoms with E-state index in [9.17, 15) is 9.59 Å². The Morgan fingerprint density at radius 3 is 2.50 bits per heavy atom. The van der Waals surface area contributed by atoms with Crippen molar-refractivity contribution >= 4 is 18.2 Å². The third-order valence-corrected chi connectivity index (χ3v) is 4.65. The van der Waals surface area contributed by atoms with Crippen molar-refractivity contribution in [1.82, 2.24) is 9.80 Å². The number of ether oxygens (including phenoxy) is 2. The fourth-order valence-electron chi connectivity index (χ4n) is 3.02. The molecule has 2 saturated heterocycles. The molecule has 0 radical (unpaired) electrons. The molecule has 1 N–H and O–H groups in total. The lowest BCUT2D eigenvalue weighted by molar-refractivity contribution is -0.132. The van der Waals surface area contributed by atoms with E-state index in [0.717, 1.165) is 6.21 Å². The summed E-state index contributed by atoms with van der Waals surface area (Å²) in [6, 6.07) is -0.119. The summed E-state index contributed by atoms with van der Waals surface area (Å²) in [6.45, 7) is 12.9. The first-order valence-corrected chi connectivity index (χ1v) is 8.75. The van der Waals surface area contributed by atoms with Crippen molar-refractivity contribution in [2.45, 2.75) is 38.8 Å². The Labute approximate surface area is 154 Å². The van der Waals surface area contributed by atoms with E-state index in [0.29, 0.717) is 49.4 Å². The topological polar surface area (TPSA) is 82.9 Å². The van der Waals surface area contributed by atoms with Crippen molar-refractivity contribution in [3.63, 3.8) is 0 Å². The predicted octanol–water partition coefficient (Wildman–Crippen LogP) is 2.50. The van der Waals surface area contributed by atoms with Crippen molar-refractivity contribution in [3.8, 4) is 0 Å². The fourth-order valence-corrected chi connectivity index (χ4v) is 3.02. The molecule has 1 unspecified atom stereocenters. The molecule has 0 spiro atoms. The summed E-state index contributed by atoms with van der Waals surface area (Å²) in [5.41, 5.74) is 1.59. The molecular formula is C19H27N3O4. The van der Waals surface area contributed by atoms with Gasteiger partial charge in [0.2, 0.25) is 5.91 Å². The summed E-state index contributed by atoms with van der Waals surface area (Å²) in [5, 5.41) is 7.30. The molecule has 2 amide bonds. The summed E-state index contributed by atoms with van der Waals surface area (Å²) in [4.78, 5) is 27.9. The molecule has 2 aliphatic heterocycles. The maximum absolute atomic E-state index is 12.7. The van der Waals surface area contributed by atoms with E-state index in [1.807, 2.05) is 6.92 Å². The Hall–Kier alpha value is -2.41. The third kappa shape index (κ3) is 4.82. The van der Waals surface area contributed by atoms with Crippen LogP contribution in [-0.2, 0) is 14.3 Å². The van der Waals surface area contributed by atoms with Crippen LogP contribution >= 0.6 is 0 Å². The minimum Gasteiger partial charge on any atom is -0.446 e. The number of carbonyl (C=O) groups excluding carboxylic acids is 2.